The Morgan fingerprint density at radius 2 is 1.92 bits per heavy atom. The maximum absolute atomic E-state index is 12.6. The summed E-state index contributed by atoms with van der Waals surface area (Å²) in [5, 5.41) is 8.99. The molecule has 2 unspecified atom stereocenters. The van der Waals surface area contributed by atoms with Crippen LogP contribution >= 0.6 is 11.8 Å². The lowest BCUT2D eigenvalue weighted by molar-refractivity contribution is -0.130. The highest BCUT2D eigenvalue weighted by Gasteiger charge is 2.25. The van der Waals surface area contributed by atoms with E-state index in [1.54, 1.807) is 6.33 Å². The summed E-state index contributed by atoms with van der Waals surface area (Å²) in [6.07, 6.45) is 2.92. The third kappa shape index (κ3) is 4.24. The molecule has 6 heteroatoms. The molecule has 1 amide bonds. The van der Waals surface area contributed by atoms with E-state index >= 15 is 0 Å². The fourth-order valence-electron chi connectivity index (χ4n) is 3.46. The van der Waals surface area contributed by atoms with Gasteiger partial charge in [0.1, 0.15) is 6.33 Å². The Morgan fingerprint density at radius 1 is 1.20 bits per heavy atom. The Morgan fingerprint density at radius 3 is 2.60 bits per heavy atom. The number of piperidine rings is 1. The molecule has 1 aliphatic rings. The van der Waals surface area contributed by atoms with E-state index in [2.05, 4.69) is 56.1 Å². The molecule has 0 spiro atoms. The number of thioether (sulfide) groups is 1. The molecule has 3 rings (SSSR count). The Balaban J connectivity index is 1.67. The van der Waals surface area contributed by atoms with Gasteiger partial charge in [0, 0.05) is 18.8 Å². The van der Waals surface area contributed by atoms with Crippen LogP contribution in [0.1, 0.15) is 31.4 Å². The second-order valence-electron chi connectivity index (χ2n) is 7.29. The smallest absolute Gasteiger partial charge is 0.233 e. The Hall–Kier alpha value is -1.82. The summed E-state index contributed by atoms with van der Waals surface area (Å²) in [4.78, 5) is 14.6. The SMILES string of the molecule is Cc1ccc(-n2cnnc2SCC(=O)N2CC(C)CC(C)C2)cc1C. The number of carbonyl (C=O) groups excluding carboxylic acids is 1. The zero-order valence-corrected chi connectivity index (χ0v) is 16.2. The van der Waals surface area contributed by atoms with Gasteiger partial charge < -0.3 is 4.90 Å². The number of rotatable bonds is 4. The average molecular weight is 359 g/mol. The summed E-state index contributed by atoms with van der Waals surface area (Å²) in [5.41, 5.74) is 3.52. The van der Waals surface area contributed by atoms with Gasteiger partial charge in [0.2, 0.25) is 5.91 Å². The number of benzene rings is 1. The summed E-state index contributed by atoms with van der Waals surface area (Å²) >= 11 is 1.46. The van der Waals surface area contributed by atoms with Gasteiger partial charge in [-0.2, -0.15) is 0 Å². The maximum atomic E-state index is 12.6. The van der Waals surface area contributed by atoms with Gasteiger partial charge in [-0.05, 0) is 55.4 Å². The van der Waals surface area contributed by atoms with Crippen LogP contribution in [0.2, 0.25) is 0 Å². The molecule has 1 fully saturated rings. The topological polar surface area (TPSA) is 51.0 Å². The van der Waals surface area contributed by atoms with Crippen molar-refractivity contribution in [1.29, 1.82) is 0 Å². The molecule has 2 aromatic rings. The summed E-state index contributed by atoms with van der Waals surface area (Å²) in [6.45, 7) is 10.4. The van der Waals surface area contributed by atoms with Crippen molar-refractivity contribution in [3.8, 4) is 5.69 Å². The number of hydrogen-bond acceptors (Lipinski definition) is 4. The van der Waals surface area contributed by atoms with Crippen LogP contribution < -0.4 is 0 Å². The Bertz CT molecular complexity index is 748. The van der Waals surface area contributed by atoms with Crippen molar-refractivity contribution in [3.05, 3.63) is 35.7 Å². The number of aryl methyl sites for hydroxylation is 2. The molecule has 25 heavy (non-hydrogen) atoms. The zero-order chi connectivity index (χ0) is 18.0. The molecular weight excluding hydrogens is 332 g/mol. The number of aromatic nitrogens is 3. The van der Waals surface area contributed by atoms with Crippen molar-refractivity contribution in [2.75, 3.05) is 18.8 Å². The second-order valence-corrected chi connectivity index (χ2v) is 8.23. The number of carbonyl (C=O) groups is 1. The quantitative estimate of drug-likeness (QED) is 0.785. The summed E-state index contributed by atoms with van der Waals surface area (Å²) in [5.74, 6) is 1.76. The molecule has 1 aliphatic heterocycles. The number of hydrogen-bond donors (Lipinski definition) is 0. The molecule has 0 aliphatic carbocycles. The number of amides is 1. The second kappa shape index (κ2) is 7.60. The highest BCUT2D eigenvalue weighted by atomic mass is 32.2. The molecule has 0 bridgehead atoms. The van der Waals surface area contributed by atoms with E-state index < -0.39 is 0 Å². The number of nitrogens with zero attached hydrogens (tertiary/aromatic N) is 4. The van der Waals surface area contributed by atoms with Crippen molar-refractivity contribution in [1.82, 2.24) is 19.7 Å². The minimum absolute atomic E-state index is 0.193. The largest absolute Gasteiger partial charge is 0.341 e. The molecule has 0 N–H and O–H groups in total. The predicted molar refractivity (Wildman–Crippen MR) is 101 cm³/mol. The normalized spacial score (nSPS) is 20.7. The molecule has 0 saturated carbocycles. The fraction of sp³-hybridized carbons (Fsp3) is 0.526. The summed E-state index contributed by atoms with van der Waals surface area (Å²) < 4.78 is 1.95. The Kier molecular flexibility index (Phi) is 5.47. The van der Waals surface area contributed by atoms with Gasteiger partial charge in [-0.25, -0.2) is 0 Å². The lowest BCUT2D eigenvalue weighted by atomic mass is 9.92. The van der Waals surface area contributed by atoms with Crippen LogP contribution in [0.25, 0.3) is 5.69 Å². The van der Waals surface area contributed by atoms with Gasteiger partial charge in [0.15, 0.2) is 5.16 Å². The van der Waals surface area contributed by atoms with Crippen molar-refractivity contribution in [2.24, 2.45) is 11.8 Å². The highest BCUT2D eigenvalue weighted by molar-refractivity contribution is 7.99. The van der Waals surface area contributed by atoms with Crippen molar-refractivity contribution >= 4 is 17.7 Å². The number of likely N-dealkylation sites (tertiary alicyclic amines) is 1. The van der Waals surface area contributed by atoms with Crippen LogP contribution in [-0.4, -0.2) is 44.4 Å². The zero-order valence-electron chi connectivity index (χ0n) is 15.4. The van der Waals surface area contributed by atoms with Crippen molar-refractivity contribution in [2.45, 2.75) is 39.3 Å². The summed E-state index contributed by atoms with van der Waals surface area (Å²) in [6, 6.07) is 6.28. The minimum Gasteiger partial charge on any atom is -0.341 e. The van der Waals surface area contributed by atoms with Crippen LogP contribution in [0.5, 0.6) is 0 Å². The monoisotopic (exact) mass is 358 g/mol. The van der Waals surface area contributed by atoms with E-state index in [0.717, 1.165) is 23.9 Å². The van der Waals surface area contributed by atoms with E-state index in [0.29, 0.717) is 17.6 Å². The molecule has 0 radical (unpaired) electrons. The lowest BCUT2D eigenvalue weighted by Gasteiger charge is -2.34. The first-order valence-electron chi connectivity index (χ1n) is 8.82. The summed E-state index contributed by atoms with van der Waals surface area (Å²) in [7, 11) is 0. The molecule has 2 heterocycles. The van der Waals surface area contributed by atoms with E-state index in [1.807, 2.05) is 9.47 Å². The van der Waals surface area contributed by atoms with E-state index in [4.69, 9.17) is 0 Å². The molecule has 1 aromatic carbocycles. The average Bonchev–Trinajstić information content (AvgIpc) is 3.02. The van der Waals surface area contributed by atoms with Gasteiger partial charge in [-0.3, -0.25) is 9.36 Å². The molecule has 2 atom stereocenters. The predicted octanol–water partition coefficient (Wildman–Crippen LogP) is 3.48. The van der Waals surface area contributed by atoms with Gasteiger partial charge in [-0.1, -0.05) is 31.7 Å². The van der Waals surface area contributed by atoms with Gasteiger partial charge in [-0.15, -0.1) is 10.2 Å². The van der Waals surface area contributed by atoms with Gasteiger partial charge >= 0.3 is 0 Å². The van der Waals surface area contributed by atoms with Crippen LogP contribution in [0.3, 0.4) is 0 Å². The van der Waals surface area contributed by atoms with Crippen LogP contribution in [0.4, 0.5) is 0 Å². The Labute approximate surface area is 153 Å². The van der Waals surface area contributed by atoms with Crippen LogP contribution in [0, 0.1) is 25.7 Å². The van der Waals surface area contributed by atoms with Gasteiger partial charge in [0.05, 0.1) is 5.75 Å². The first kappa shape index (κ1) is 18.0. The van der Waals surface area contributed by atoms with Gasteiger partial charge in [0.25, 0.3) is 0 Å². The van der Waals surface area contributed by atoms with Crippen molar-refractivity contribution < 1.29 is 4.79 Å². The lowest BCUT2D eigenvalue weighted by Crippen LogP contribution is -2.43. The highest BCUT2D eigenvalue weighted by Crippen LogP contribution is 2.24. The fourth-order valence-corrected chi connectivity index (χ4v) is 4.29. The maximum Gasteiger partial charge on any atom is 0.233 e. The molecule has 5 nitrogen and oxygen atoms in total. The standard InChI is InChI=1S/C19H26N4OS/c1-13-7-14(2)10-22(9-13)18(24)11-25-19-21-20-12-23(19)17-6-5-15(3)16(4)8-17/h5-6,8,12-14H,7,9-11H2,1-4H3. The molecule has 1 saturated heterocycles. The molecular formula is C19H26N4OS. The van der Waals surface area contributed by atoms with E-state index in [1.165, 1.54) is 29.3 Å². The van der Waals surface area contributed by atoms with Crippen LogP contribution in [0.15, 0.2) is 29.7 Å². The van der Waals surface area contributed by atoms with Crippen LogP contribution in [-0.2, 0) is 4.79 Å². The third-order valence-corrected chi connectivity index (χ3v) is 5.76. The van der Waals surface area contributed by atoms with E-state index in [9.17, 15) is 4.79 Å². The van der Waals surface area contributed by atoms with E-state index in [-0.39, 0.29) is 5.91 Å². The molecule has 1 aromatic heterocycles. The van der Waals surface area contributed by atoms with Crippen molar-refractivity contribution in [3.63, 3.8) is 0 Å². The first-order chi connectivity index (χ1) is 11.9. The minimum atomic E-state index is 0.193. The third-order valence-electron chi connectivity index (χ3n) is 4.83. The molecule has 134 valence electrons. The first-order valence-corrected chi connectivity index (χ1v) is 9.81.